The molecule has 1 amide bonds. The molecule has 1 N–H and O–H groups in total. The summed E-state index contributed by atoms with van der Waals surface area (Å²) in [7, 11) is 1.42. The van der Waals surface area contributed by atoms with Gasteiger partial charge in [0.1, 0.15) is 5.75 Å². The zero-order chi connectivity index (χ0) is 25.0. The number of pyridine rings is 1. The van der Waals surface area contributed by atoms with Gasteiger partial charge in [-0.1, -0.05) is 18.2 Å². The van der Waals surface area contributed by atoms with Gasteiger partial charge in [-0.3, -0.25) is 19.1 Å². The Balaban J connectivity index is 2.06. The number of amides is 1. The Morgan fingerprint density at radius 2 is 2.06 bits per heavy atom. The second kappa shape index (κ2) is 9.76. The minimum atomic E-state index is -5.01. The molecule has 0 atom stereocenters. The summed E-state index contributed by atoms with van der Waals surface area (Å²) in [6, 6.07) is 8.37. The topological polar surface area (TPSA) is 110 Å². The van der Waals surface area contributed by atoms with Gasteiger partial charge in [-0.25, -0.2) is 4.98 Å². The third kappa shape index (κ3) is 5.24. The Bertz CT molecular complexity index is 1380. The summed E-state index contributed by atoms with van der Waals surface area (Å²) in [5, 5.41) is 11.5. The fraction of sp³-hybridized carbons (Fsp3) is 0.136. The van der Waals surface area contributed by atoms with Crippen LogP contribution >= 0.6 is 11.6 Å². The normalized spacial score (nSPS) is 10.9. The van der Waals surface area contributed by atoms with E-state index in [2.05, 4.69) is 21.9 Å². The van der Waals surface area contributed by atoms with Crippen molar-refractivity contribution in [2.75, 3.05) is 7.05 Å². The molecule has 0 fully saturated rings. The second-order valence-electron chi connectivity index (χ2n) is 6.82. The molecule has 12 heteroatoms. The Labute approximate surface area is 195 Å². The number of allylic oxidation sites excluding steroid dienone is 1. The molecule has 34 heavy (non-hydrogen) atoms. The first-order chi connectivity index (χ1) is 16.0. The van der Waals surface area contributed by atoms with Crippen LogP contribution < -0.4 is 15.6 Å². The van der Waals surface area contributed by atoms with Crippen molar-refractivity contribution in [1.29, 1.82) is 5.26 Å². The summed E-state index contributed by atoms with van der Waals surface area (Å²) in [6.07, 6.45) is -2.90. The van der Waals surface area contributed by atoms with E-state index in [1.54, 1.807) is 6.07 Å². The van der Waals surface area contributed by atoms with E-state index in [1.807, 2.05) is 0 Å². The molecule has 2 heterocycles. The predicted molar refractivity (Wildman–Crippen MR) is 116 cm³/mol. The van der Waals surface area contributed by atoms with Crippen LogP contribution in [0.1, 0.15) is 27.3 Å². The highest BCUT2D eigenvalue weighted by Gasteiger charge is 2.39. The summed E-state index contributed by atoms with van der Waals surface area (Å²) >= 11 is 5.88. The molecule has 0 spiro atoms. The molecular formula is C22H15ClF3N5O3. The summed E-state index contributed by atoms with van der Waals surface area (Å²) in [6.45, 7) is 3.48. The Morgan fingerprint density at radius 1 is 1.32 bits per heavy atom. The smallest absolute Gasteiger partial charge is 0.437 e. The number of aromatic nitrogens is 3. The Morgan fingerprint density at radius 3 is 2.71 bits per heavy atom. The molecule has 0 saturated carbocycles. The van der Waals surface area contributed by atoms with E-state index in [9.17, 15) is 22.8 Å². The molecule has 0 saturated heterocycles. The highest BCUT2D eigenvalue weighted by Crippen LogP contribution is 2.35. The molecule has 1 aromatic carbocycles. The van der Waals surface area contributed by atoms with Crippen molar-refractivity contribution in [3.63, 3.8) is 0 Å². The molecule has 2 aromatic heterocycles. The lowest BCUT2D eigenvalue weighted by Crippen LogP contribution is -2.27. The van der Waals surface area contributed by atoms with Gasteiger partial charge in [-0.2, -0.15) is 18.4 Å². The van der Waals surface area contributed by atoms with Crippen molar-refractivity contribution in [3.05, 3.63) is 87.3 Å². The number of alkyl halides is 3. The van der Waals surface area contributed by atoms with E-state index in [4.69, 9.17) is 21.6 Å². The van der Waals surface area contributed by atoms with Crippen molar-refractivity contribution >= 4 is 23.1 Å². The van der Waals surface area contributed by atoms with Crippen LogP contribution in [0.5, 0.6) is 11.5 Å². The van der Waals surface area contributed by atoms with Gasteiger partial charge < -0.3 is 10.1 Å². The van der Waals surface area contributed by atoms with Crippen LogP contribution in [0.3, 0.4) is 0 Å². The van der Waals surface area contributed by atoms with Gasteiger partial charge in [0.15, 0.2) is 5.69 Å². The van der Waals surface area contributed by atoms with E-state index in [-0.39, 0.29) is 39.7 Å². The summed E-state index contributed by atoms with van der Waals surface area (Å²) in [5.41, 5.74) is -2.21. The van der Waals surface area contributed by atoms with Gasteiger partial charge in [-0.15, -0.1) is 0 Å². The zero-order valence-electron chi connectivity index (χ0n) is 17.5. The van der Waals surface area contributed by atoms with Gasteiger partial charge in [0.2, 0.25) is 5.75 Å². The number of carbonyl (C=O) groups is 1. The predicted octanol–water partition coefficient (Wildman–Crippen LogP) is 4.05. The van der Waals surface area contributed by atoms with Gasteiger partial charge in [0.05, 0.1) is 35.8 Å². The maximum atomic E-state index is 13.6. The van der Waals surface area contributed by atoms with Crippen LogP contribution in [0.15, 0.2) is 54.2 Å². The van der Waals surface area contributed by atoms with Crippen molar-refractivity contribution in [2.24, 2.45) is 0 Å². The van der Waals surface area contributed by atoms with Crippen LogP contribution in [0.2, 0.25) is 5.02 Å². The minimum absolute atomic E-state index is 0.0190. The van der Waals surface area contributed by atoms with E-state index in [1.165, 1.54) is 31.4 Å². The van der Waals surface area contributed by atoms with Crippen molar-refractivity contribution in [1.82, 2.24) is 19.9 Å². The van der Waals surface area contributed by atoms with Crippen LogP contribution in [-0.2, 0) is 12.7 Å². The molecule has 0 aliphatic rings. The molecule has 0 unspecified atom stereocenters. The number of nitrogens with zero attached hydrogens (tertiary/aromatic N) is 4. The van der Waals surface area contributed by atoms with E-state index >= 15 is 0 Å². The quantitative estimate of drug-likeness (QED) is 0.559. The Kier molecular flexibility index (Phi) is 7.03. The van der Waals surface area contributed by atoms with Gasteiger partial charge in [0, 0.05) is 18.3 Å². The number of benzene rings is 1. The maximum Gasteiger partial charge on any atom is 0.437 e. The first-order valence-corrected chi connectivity index (χ1v) is 9.83. The SMILES string of the molecule is C=C(Cn1cnc(C(F)(F)F)c(Oc2cc(Cl)cc(C#N)c2)c1=O)c1ncccc1C(=O)NC. The lowest BCUT2D eigenvalue weighted by Gasteiger charge is -2.16. The van der Waals surface area contributed by atoms with Crippen LogP contribution in [0.25, 0.3) is 5.57 Å². The third-order valence-electron chi connectivity index (χ3n) is 4.46. The molecule has 0 radical (unpaired) electrons. The van der Waals surface area contributed by atoms with Gasteiger partial charge in [-0.05, 0) is 35.9 Å². The number of nitrogens with one attached hydrogen (secondary N) is 1. The Hall–Kier alpha value is -4.17. The number of rotatable bonds is 6. The third-order valence-corrected chi connectivity index (χ3v) is 4.68. The van der Waals surface area contributed by atoms with Crippen LogP contribution in [0, 0.1) is 11.3 Å². The molecule has 0 bridgehead atoms. The molecule has 174 valence electrons. The van der Waals surface area contributed by atoms with E-state index in [0.29, 0.717) is 6.33 Å². The molecule has 0 aliphatic carbocycles. The number of nitriles is 1. The highest BCUT2D eigenvalue weighted by atomic mass is 35.5. The molecule has 0 aliphatic heterocycles. The molecule has 8 nitrogen and oxygen atoms in total. The monoisotopic (exact) mass is 489 g/mol. The fourth-order valence-corrected chi connectivity index (χ4v) is 3.19. The minimum Gasteiger partial charge on any atom is -0.449 e. The van der Waals surface area contributed by atoms with E-state index < -0.39 is 29.1 Å². The van der Waals surface area contributed by atoms with Crippen molar-refractivity contribution in [3.8, 4) is 17.6 Å². The molecule has 3 aromatic rings. The first kappa shape index (κ1) is 24.5. The standard InChI is InChI=1S/C22H15ClF3N5O3/c1-12(17-16(20(32)28-2)4-3-5-29-17)10-31-11-30-19(22(24,25)26)18(21(31)33)34-15-7-13(9-27)6-14(23)8-15/h3-8,11H,1,10H2,2H3,(H,28,32). The first-order valence-electron chi connectivity index (χ1n) is 9.45. The van der Waals surface area contributed by atoms with Crippen LogP contribution in [-0.4, -0.2) is 27.5 Å². The van der Waals surface area contributed by atoms with Gasteiger partial charge >= 0.3 is 6.18 Å². The lowest BCUT2D eigenvalue weighted by atomic mass is 10.1. The lowest BCUT2D eigenvalue weighted by molar-refractivity contribution is -0.142. The van der Waals surface area contributed by atoms with Crippen LogP contribution in [0.4, 0.5) is 13.2 Å². The highest BCUT2D eigenvalue weighted by molar-refractivity contribution is 6.30. The average Bonchev–Trinajstić information content (AvgIpc) is 2.79. The fourth-order valence-electron chi connectivity index (χ4n) is 2.97. The summed E-state index contributed by atoms with van der Waals surface area (Å²) in [4.78, 5) is 32.5. The van der Waals surface area contributed by atoms with Gasteiger partial charge in [0.25, 0.3) is 11.5 Å². The number of hydrogen-bond donors (Lipinski definition) is 1. The second-order valence-corrected chi connectivity index (χ2v) is 7.26. The number of ether oxygens (including phenoxy) is 1. The van der Waals surface area contributed by atoms with Crippen molar-refractivity contribution in [2.45, 2.75) is 12.7 Å². The van der Waals surface area contributed by atoms with E-state index in [0.717, 1.165) is 16.7 Å². The number of carbonyl (C=O) groups excluding carboxylic acids is 1. The molecular weight excluding hydrogens is 475 g/mol. The summed E-state index contributed by atoms with van der Waals surface area (Å²) < 4.78 is 46.7. The number of hydrogen-bond acceptors (Lipinski definition) is 6. The van der Waals surface area contributed by atoms with Crippen molar-refractivity contribution < 1.29 is 22.7 Å². The largest absolute Gasteiger partial charge is 0.449 e. The average molecular weight is 490 g/mol. The molecule has 3 rings (SSSR count). The summed E-state index contributed by atoms with van der Waals surface area (Å²) in [5.74, 6) is -1.82. The zero-order valence-corrected chi connectivity index (χ0v) is 18.2. The number of halogens is 4. The maximum absolute atomic E-state index is 13.6.